The summed E-state index contributed by atoms with van der Waals surface area (Å²) in [4.78, 5) is 18.6. The molecule has 0 fully saturated rings. The molecule has 3 aromatic rings. The lowest BCUT2D eigenvalue weighted by molar-refractivity contribution is -0.00361. The Hall–Kier alpha value is -2.77. The number of rotatable bonds is 3. The summed E-state index contributed by atoms with van der Waals surface area (Å²) < 4.78 is 6.73. The molecule has 140 valence electrons. The number of hydrogen-bond acceptors (Lipinski definition) is 6. The van der Waals surface area contributed by atoms with Gasteiger partial charge in [-0.2, -0.15) is 5.10 Å². The highest BCUT2D eigenvalue weighted by atomic mass is 16.5. The smallest absolute Gasteiger partial charge is 0.338 e. The summed E-state index contributed by atoms with van der Waals surface area (Å²) in [5.74, 6) is -0.460. The van der Waals surface area contributed by atoms with E-state index in [4.69, 9.17) is 14.8 Å². The van der Waals surface area contributed by atoms with E-state index >= 15 is 0 Å². The molecule has 0 saturated carbocycles. The number of aryl methyl sites for hydroxylation is 2. The quantitative estimate of drug-likeness (QED) is 0.717. The summed E-state index contributed by atoms with van der Waals surface area (Å²) in [5, 5.41) is 15.6. The van der Waals surface area contributed by atoms with Crippen molar-refractivity contribution in [2.24, 2.45) is 0 Å². The maximum absolute atomic E-state index is 12.0. The number of carbonyl (C=O) groups excluding carboxylic acids is 1. The molecule has 2 aromatic heterocycles. The summed E-state index contributed by atoms with van der Waals surface area (Å²) >= 11 is 0. The second kappa shape index (κ2) is 6.44. The second-order valence-corrected chi connectivity index (χ2v) is 6.93. The highest BCUT2D eigenvalue weighted by Crippen LogP contribution is 2.33. The molecule has 7 nitrogen and oxygen atoms in total. The first kappa shape index (κ1) is 17.6. The van der Waals surface area contributed by atoms with E-state index in [0.29, 0.717) is 24.2 Å². The van der Waals surface area contributed by atoms with Crippen molar-refractivity contribution >= 4 is 11.6 Å². The lowest BCUT2D eigenvalue weighted by Gasteiger charge is -2.24. The van der Waals surface area contributed by atoms with Crippen molar-refractivity contribution in [2.45, 2.75) is 40.1 Å². The van der Waals surface area contributed by atoms with E-state index in [9.17, 15) is 9.90 Å². The van der Waals surface area contributed by atoms with Crippen LogP contribution in [0, 0.1) is 20.8 Å². The fourth-order valence-electron chi connectivity index (χ4n) is 3.63. The SMILES string of the molecule is COC(=O)c1ccccc1C(O)N1Cc2nn3c(C)c(C)c(C)nc3c2C1. The van der Waals surface area contributed by atoms with Crippen LogP contribution in [0.4, 0.5) is 0 Å². The second-order valence-electron chi connectivity index (χ2n) is 6.93. The standard InChI is InChI=1S/C20H22N4O3/c1-11-12(2)21-18-16-9-23(10-17(16)22-24(18)13(11)3)19(25)14-7-5-6-8-15(14)20(26)27-4/h5-8,19,25H,9-10H2,1-4H3. The summed E-state index contributed by atoms with van der Waals surface area (Å²) in [6.45, 7) is 7.09. The highest BCUT2D eigenvalue weighted by Gasteiger charge is 2.32. The van der Waals surface area contributed by atoms with E-state index in [1.807, 2.05) is 30.2 Å². The van der Waals surface area contributed by atoms with Crippen molar-refractivity contribution in [1.82, 2.24) is 19.5 Å². The summed E-state index contributed by atoms with van der Waals surface area (Å²) in [5.41, 5.74) is 6.86. The normalized spacial score (nSPS) is 15.1. The Labute approximate surface area is 157 Å². The van der Waals surface area contributed by atoms with E-state index in [-0.39, 0.29) is 0 Å². The van der Waals surface area contributed by atoms with Gasteiger partial charge in [0.15, 0.2) is 5.65 Å². The molecule has 1 N–H and O–H groups in total. The molecule has 1 aliphatic rings. The maximum atomic E-state index is 12.0. The van der Waals surface area contributed by atoms with Crippen molar-refractivity contribution in [3.63, 3.8) is 0 Å². The Balaban J connectivity index is 1.69. The molecule has 0 saturated heterocycles. The first-order chi connectivity index (χ1) is 12.9. The van der Waals surface area contributed by atoms with Gasteiger partial charge in [0.2, 0.25) is 0 Å². The molecule has 0 aliphatic carbocycles. The van der Waals surface area contributed by atoms with E-state index in [1.165, 1.54) is 7.11 Å². The van der Waals surface area contributed by atoms with Gasteiger partial charge in [0.05, 0.1) is 18.4 Å². The largest absolute Gasteiger partial charge is 0.465 e. The van der Waals surface area contributed by atoms with Crippen molar-refractivity contribution in [3.8, 4) is 0 Å². The zero-order valence-electron chi connectivity index (χ0n) is 15.9. The van der Waals surface area contributed by atoms with Crippen molar-refractivity contribution in [2.75, 3.05) is 7.11 Å². The number of hydrogen-bond donors (Lipinski definition) is 1. The number of aliphatic hydroxyl groups excluding tert-OH is 1. The van der Waals surface area contributed by atoms with Gasteiger partial charge >= 0.3 is 5.97 Å². The van der Waals surface area contributed by atoms with E-state index in [2.05, 4.69) is 0 Å². The van der Waals surface area contributed by atoms with Crippen LogP contribution in [-0.2, 0) is 17.8 Å². The van der Waals surface area contributed by atoms with Gasteiger partial charge in [-0.3, -0.25) is 4.90 Å². The third-order valence-corrected chi connectivity index (χ3v) is 5.42. The van der Waals surface area contributed by atoms with Gasteiger partial charge in [0, 0.05) is 35.6 Å². The van der Waals surface area contributed by atoms with Crippen LogP contribution in [0.5, 0.6) is 0 Å². The first-order valence-electron chi connectivity index (χ1n) is 8.86. The first-order valence-corrected chi connectivity index (χ1v) is 8.86. The molecule has 0 radical (unpaired) electrons. The Morgan fingerprint density at radius 2 is 1.96 bits per heavy atom. The number of nitrogens with zero attached hydrogens (tertiary/aromatic N) is 4. The van der Waals surface area contributed by atoms with Gasteiger partial charge in [-0.15, -0.1) is 0 Å². The van der Waals surface area contributed by atoms with Gasteiger partial charge < -0.3 is 9.84 Å². The van der Waals surface area contributed by atoms with Gasteiger partial charge in [-0.1, -0.05) is 18.2 Å². The number of ether oxygens (including phenoxy) is 1. The predicted octanol–water partition coefficient (Wildman–Crippen LogP) is 2.45. The molecule has 1 aromatic carbocycles. The van der Waals surface area contributed by atoms with Crippen molar-refractivity contribution in [1.29, 1.82) is 0 Å². The van der Waals surface area contributed by atoms with E-state index in [1.54, 1.807) is 24.3 Å². The molecule has 0 spiro atoms. The fourth-order valence-corrected chi connectivity index (χ4v) is 3.63. The van der Waals surface area contributed by atoms with Gasteiger partial charge in [-0.25, -0.2) is 14.3 Å². The Kier molecular flexibility index (Phi) is 4.20. The minimum absolute atomic E-state index is 0.367. The number of fused-ring (bicyclic) bond motifs is 3. The predicted molar refractivity (Wildman–Crippen MR) is 99.2 cm³/mol. The fraction of sp³-hybridized carbons (Fsp3) is 0.350. The van der Waals surface area contributed by atoms with Crippen LogP contribution >= 0.6 is 0 Å². The van der Waals surface area contributed by atoms with Crippen LogP contribution in [0.1, 0.15) is 50.4 Å². The zero-order chi connectivity index (χ0) is 19.3. The third kappa shape index (κ3) is 2.70. The maximum Gasteiger partial charge on any atom is 0.338 e. The average molecular weight is 366 g/mol. The number of benzene rings is 1. The minimum Gasteiger partial charge on any atom is -0.465 e. The van der Waals surface area contributed by atoms with Gasteiger partial charge in [0.1, 0.15) is 6.23 Å². The van der Waals surface area contributed by atoms with Crippen LogP contribution in [0.25, 0.3) is 5.65 Å². The van der Waals surface area contributed by atoms with Gasteiger partial charge in [-0.05, 0) is 32.4 Å². The summed E-state index contributed by atoms with van der Waals surface area (Å²) in [6.07, 6.45) is -0.929. The summed E-state index contributed by atoms with van der Waals surface area (Å²) in [6, 6.07) is 6.96. The minimum atomic E-state index is -0.929. The number of aliphatic hydroxyl groups is 1. The monoisotopic (exact) mass is 366 g/mol. The number of esters is 1. The number of carbonyl (C=O) groups is 1. The molecule has 3 heterocycles. The average Bonchev–Trinajstić information content (AvgIpc) is 3.24. The van der Waals surface area contributed by atoms with Crippen LogP contribution < -0.4 is 0 Å². The highest BCUT2D eigenvalue weighted by molar-refractivity contribution is 5.91. The third-order valence-electron chi connectivity index (χ3n) is 5.42. The molecule has 7 heteroatoms. The molecular weight excluding hydrogens is 344 g/mol. The van der Waals surface area contributed by atoms with Crippen molar-refractivity contribution < 1.29 is 14.6 Å². The molecular formula is C20H22N4O3. The van der Waals surface area contributed by atoms with Crippen LogP contribution in [0.2, 0.25) is 0 Å². The Morgan fingerprint density at radius 3 is 2.70 bits per heavy atom. The number of methoxy groups -OCH3 is 1. The molecule has 0 bridgehead atoms. The number of aromatic nitrogens is 3. The van der Waals surface area contributed by atoms with E-state index < -0.39 is 12.2 Å². The molecule has 1 aliphatic heterocycles. The molecule has 1 atom stereocenters. The Bertz CT molecular complexity index is 1060. The molecule has 1 unspecified atom stereocenters. The van der Waals surface area contributed by atoms with Gasteiger partial charge in [0.25, 0.3) is 0 Å². The summed E-state index contributed by atoms with van der Waals surface area (Å²) in [7, 11) is 1.34. The molecule has 4 rings (SSSR count). The van der Waals surface area contributed by atoms with E-state index in [0.717, 1.165) is 33.9 Å². The van der Waals surface area contributed by atoms with Crippen LogP contribution in [-0.4, -0.2) is 37.7 Å². The van der Waals surface area contributed by atoms with Crippen molar-refractivity contribution in [3.05, 3.63) is 63.6 Å². The van der Waals surface area contributed by atoms with Crippen LogP contribution in [0.3, 0.4) is 0 Å². The lowest BCUT2D eigenvalue weighted by atomic mass is 10.1. The van der Waals surface area contributed by atoms with Crippen LogP contribution in [0.15, 0.2) is 24.3 Å². The lowest BCUT2D eigenvalue weighted by Crippen LogP contribution is -2.25. The topological polar surface area (TPSA) is 80.0 Å². The molecule has 27 heavy (non-hydrogen) atoms. The zero-order valence-corrected chi connectivity index (χ0v) is 15.9. The molecule has 0 amide bonds. The Morgan fingerprint density at radius 1 is 1.22 bits per heavy atom.